The number of Topliss-reactive ketones (excluding diaryl/α,β-unsaturated/α-hetero) is 2. The number of hydrogen-bond donors (Lipinski definition) is 0. The molecule has 0 fully saturated rings. The average molecular weight is 567 g/mol. The molecule has 0 aliphatic carbocycles. The van der Waals surface area contributed by atoms with Gasteiger partial charge in [0.25, 0.3) is 0 Å². The predicted octanol–water partition coefficient (Wildman–Crippen LogP) is 5.39. The lowest BCUT2D eigenvalue weighted by molar-refractivity contribution is -0.120. The number of benzene rings is 2. The van der Waals surface area contributed by atoms with Gasteiger partial charge in [0, 0.05) is 6.42 Å². The van der Waals surface area contributed by atoms with Gasteiger partial charge in [-0.05, 0) is 40.2 Å². The fraction of sp³-hybridized carbons (Fsp3) is 0.167. The Morgan fingerprint density at radius 3 is 2.06 bits per heavy atom. The highest BCUT2D eigenvalue weighted by atomic mass is 79.9. The van der Waals surface area contributed by atoms with E-state index in [1.165, 1.54) is 32.4 Å². The quantitative estimate of drug-likeness (QED) is 0.186. The zero-order chi connectivity index (χ0) is 25.0. The normalized spacial score (nSPS) is 11.6. The Labute approximate surface area is 213 Å². The molecule has 0 amide bonds. The van der Waals surface area contributed by atoms with Crippen LogP contribution < -0.4 is 9.47 Å². The molecular formula is C24H18BrCl2NO6. The molecule has 0 saturated carbocycles. The van der Waals surface area contributed by atoms with Crippen LogP contribution in [0.4, 0.5) is 0 Å². The lowest BCUT2D eigenvalue weighted by Gasteiger charge is -2.20. The molecule has 1 unspecified atom stereocenters. The number of para-hydroxylation sites is 2. The average Bonchev–Trinajstić information content (AvgIpc) is 3.09. The third kappa shape index (κ3) is 4.66. The van der Waals surface area contributed by atoms with Gasteiger partial charge in [-0.3, -0.25) is 14.4 Å². The zero-order valence-electron chi connectivity index (χ0n) is 18.0. The van der Waals surface area contributed by atoms with Crippen LogP contribution in [0.5, 0.6) is 11.5 Å². The summed E-state index contributed by atoms with van der Waals surface area (Å²) in [6.07, 6.45) is 0.0384. The van der Waals surface area contributed by atoms with E-state index in [1.54, 1.807) is 30.3 Å². The van der Waals surface area contributed by atoms with Gasteiger partial charge in [0.15, 0.2) is 0 Å². The second-order valence-electron chi connectivity index (χ2n) is 6.98. The number of hydrogen-bond acceptors (Lipinski definition) is 6. The van der Waals surface area contributed by atoms with E-state index in [-0.39, 0.29) is 43.0 Å². The number of methoxy groups -OCH3 is 2. The van der Waals surface area contributed by atoms with Crippen molar-refractivity contribution in [2.45, 2.75) is 12.5 Å². The molecular weight excluding hydrogens is 549 g/mol. The van der Waals surface area contributed by atoms with Gasteiger partial charge in [0.1, 0.15) is 34.7 Å². The smallest absolute Gasteiger partial charge is 0.234 e. The molecule has 1 heterocycles. The van der Waals surface area contributed by atoms with Gasteiger partial charge in [-0.1, -0.05) is 47.5 Å². The van der Waals surface area contributed by atoms with E-state index in [0.29, 0.717) is 6.29 Å². The number of carbonyl (C=O) groups is 4. The van der Waals surface area contributed by atoms with E-state index in [9.17, 15) is 19.2 Å². The van der Waals surface area contributed by atoms with Crippen molar-refractivity contribution in [3.8, 4) is 11.5 Å². The van der Waals surface area contributed by atoms with Crippen molar-refractivity contribution in [2.24, 2.45) is 0 Å². The van der Waals surface area contributed by atoms with Crippen LogP contribution in [0.25, 0.3) is 0 Å². The van der Waals surface area contributed by atoms with Crippen LogP contribution in [0.15, 0.2) is 53.0 Å². The van der Waals surface area contributed by atoms with Gasteiger partial charge in [-0.25, -0.2) is 0 Å². The standard InChI is InChI=1S/C24H18BrCl2NO6/c1-33-16-9-5-3-7-13(16)21(30)20-18(25)19(26)24(27)28(20)15(11-12-29)23(32)22(31)14-8-4-6-10-17(14)34-2/h3-10,12,15H,11H2,1-2H3. The van der Waals surface area contributed by atoms with Gasteiger partial charge in [0.2, 0.25) is 17.3 Å². The van der Waals surface area contributed by atoms with E-state index >= 15 is 0 Å². The minimum Gasteiger partial charge on any atom is -0.496 e. The number of halogens is 3. The summed E-state index contributed by atoms with van der Waals surface area (Å²) in [6, 6.07) is 11.2. The zero-order valence-corrected chi connectivity index (χ0v) is 21.1. The Balaban J connectivity index is 2.18. The van der Waals surface area contributed by atoms with Crippen LogP contribution in [0.1, 0.15) is 38.9 Å². The number of rotatable bonds is 10. The molecule has 0 radical (unpaired) electrons. The van der Waals surface area contributed by atoms with Crippen LogP contribution in [0.2, 0.25) is 10.2 Å². The van der Waals surface area contributed by atoms with Gasteiger partial charge in [-0.15, -0.1) is 0 Å². The maximum atomic E-state index is 13.6. The summed E-state index contributed by atoms with van der Waals surface area (Å²) in [5.74, 6) is -1.98. The largest absolute Gasteiger partial charge is 0.496 e. The summed E-state index contributed by atoms with van der Waals surface area (Å²) in [7, 11) is 2.77. The highest BCUT2D eigenvalue weighted by molar-refractivity contribution is 9.10. The second kappa shape index (κ2) is 11.0. The molecule has 0 aliphatic rings. The molecule has 0 spiro atoms. The fourth-order valence-electron chi connectivity index (χ4n) is 3.50. The Bertz CT molecular complexity index is 1290. The Kier molecular flexibility index (Phi) is 8.30. The molecule has 2 aromatic carbocycles. The van der Waals surface area contributed by atoms with Crippen LogP contribution in [0.3, 0.4) is 0 Å². The molecule has 10 heteroatoms. The number of carbonyl (C=O) groups excluding carboxylic acids is 4. The highest BCUT2D eigenvalue weighted by Crippen LogP contribution is 2.41. The van der Waals surface area contributed by atoms with Crippen molar-refractivity contribution in [1.29, 1.82) is 0 Å². The molecule has 3 aromatic rings. The number of ether oxygens (including phenoxy) is 2. The first-order valence-corrected chi connectivity index (χ1v) is 11.4. The SMILES string of the molecule is COc1ccccc1C(=O)C(=O)C(CC=O)n1c(Cl)c(Cl)c(Br)c1C(=O)c1ccccc1OC. The number of aromatic nitrogens is 1. The minimum atomic E-state index is -1.43. The van der Waals surface area contributed by atoms with Crippen molar-refractivity contribution in [3.63, 3.8) is 0 Å². The summed E-state index contributed by atoms with van der Waals surface area (Å²) >= 11 is 16.0. The van der Waals surface area contributed by atoms with Gasteiger partial charge in [-0.2, -0.15) is 0 Å². The van der Waals surface area contributed by atoms with Gasteiger partial charge in [0.05, 0.1) is 34.8 Å². The third-order valence-electron chi connectivity index (χ3n) is 5.11. The van der Waals surface area contributed by atoms with Crippen LogP contribution in [-0.4, -0.2) is 42.4 Å². The molecule has 176 valence electrons. The van der Waals surface area contributed by atoms with Crippen molar-refractivity contribution < 1.29 is 28.7 Å². The van der Waals surface area contributed by atoms with Crippen molar-refractivity contribution in [1.82, 2.24) is 4.57 Å². The maximum Gasteiger partial charge on any atom is 0.234 e. The van der Waals surface area contributed by atoms with Crippen molar-refractivity contribution >= 4 is 62.8 Å². The molecule has 0 saturated heterocycles. The first-order chi connectivity index (χ1) is 16.3. The Morgan fingerprint density at radius 2 is 1.50 bits per heavy atom. The predicted molar refractivity (Wildman–Crippen MR) is 131 cm³/mol. The monoisotopic (exact) mass is 565 g/mol. The first kappa shape index (κ1) is 25.7. The van der Waals surface area contributed by atoms with Crippen molar-refractivity contribution in [3.05, 3.63) is 80.0 Å². The summed E-state index contributed by atoms with van der Waals surface area (Å²) < 4.78 is 11.7. The van der Waals surface area contributed by atoms with Crippen LogP contribution >= 0.6 is 39.1 Å². The first-order valence-electron chi connectivity index (χ1n) is 9.86. The lowest BCUT2D eigenvalue weighted by Crippen LogP contribution is -2.30. The molecule has 3 rings (SSSR count). The van der Waals surface area contributed by atoms with E-state index in [0.717, 1.165) is 4.57 Å². The minimum absolute atomic E-state index is 0.0111. The molecule has 0 bridgehead atoms. The van der Waals surface area contributed by atoms with E-state index in [2.05, 4.69) is 15.9 Å². The second-order valence-corrected chi connectivity index (χ2v) is 8.51. The summed E-state index contributed by atoms with van der Waals surface area (Å²) in [5, 5.41) is -0.229. The topological polar surface area (TPSA) is 91.7 Å². The van der Waals surface area contributed by atoms with Crippen LogP contribution in [0, 0.1) is 0 Å². The summed E-state index contributed by atoms with van der Waals surface area (Å²) in [4.78, 5) is 51.6. The lowest BCUT2D eigenvalue weighted by atomic mass is 9.98. The summed E-state index contributed by atoms with van der Waals surface area (Å²) in [6.45, 7) is 0. The maximum absolute atomic E-state index is 13.6. The van der Waals surface area contributed by atoms with Gasteiger partial charge < -0.3 is 18.8 Å². The summed E-state index contributed by atoms with van der Waals surface area (Å²) in [5.41, 5.74) is 0.0793. The number of nitrogens with zero attached hydrogens (tertiary/aromatic N) is 1. The third-order valence-corrected chi connectivity index (χ3v) is 6.95. The number of aldehydes is 1. The van der Waals surface area contributed by atoms with E-state index in [1.807, 2.05) is 0 Å². The van der Waals surface area contributed by atoms with Crippen LogP contribution in [-0.2, 0) is 9.59 Å². The fourth-order valence-corrected chi connectivity index (χ4v) is 4.65. The molecule has 0 aliphatic heterocycles. The molecule has 1 aromatic heterocycles. The van der Waals surface area contributed by atoms with Gasteiger partial charge >= 0.3 is 0 Å². The Morgan fingerprint density at radius 1 is 0.971 bits per heavy atom. The number of ketones is 3. The van der Waals surface area contributed by atoms with Crippen molar-refractivity contribution in [2.75, 3.05) is 14.2 Å². The molecule has 1 atom stereocenters. The molecule has 34 heavy (non-hydrogen) atoms. The molecule has 0 N–H and O–H groups in total. The van der Waals surface area contributed by atoms with E-state index in [4.69, 9.17) is 32.7 Å². The van der Waals surface area contributed by atoms with E-state index < -0.39 is 29.8 Å². The Hall–Kier alpha value is -2.94. The highest BCUT2D eigenvalue weighted by Gasteiger charge is 2.36. The molecule has 7 nitrogen and oxygen atoms in total.